The van der Waals surface area contributed by atoms with Crippen LogP contribution in [0.2, 0.25) is 10.3 Å². The van der Waals surface area contributed by atoms with Gasteiger partial charge >= 0.3 is 0 Å². The van der Waals surface area contributed by atoms with Crippen molar-refractivity contribution in [2.45, 2.75) is 0 Å². The number of nitrogens with zero attached hydrogens (tertiary/aromatic N) is 3. The Bertz CT molecular complexity index is 572. The Labute approximate surface area is 107 Å². The number of rotatable bonds is 2. The zero-order chi connectivity index (χ0) is 12.3. The first-order valence-corrected chi connectivity index (χ1v) is 5.34. The zero-order valence-corrected chi connectivity index (χ0v) is 9.90. The Morgan fingerprint density at radius 2 is 1.65 bits per heavy atom. The molecule has 17 heavy (non-hydrogen) atoms. The summed E-state index contributed by atoms with van der Waals surface area (Å²) in [6.07, 6.45) is 1.33. The van der Waals surface area contributed by atoms with E-state index in [1.807, 2.05) is 30.3 Å². The average molecular weight is 266 g/mol. The predicted octanol–water partition coefficient (Wildman–Crippen LogP) is 3.42. The second-order valence-electron chi connectivity index (χ2n) is 3.05. The van der Waals surface area contributed by atoms with Gasteiger partial charge in [0.25, 0.3) is 5.95 Å². The van der Waals surface area contributed by atoms with E-state index in [9.17, 15) is 4.79 Å². The Balaban J connectivity index is 2.60. The molecule has 0 spiro atoms. The molecule has 1 aromatic heterocycles. The average Bonchev–Trinajstić information content (AvgIpc) is 2.30. The number of aromatic nitrogens is 2. The summed E-state index contributed by atoms with van der Waals surface area (Å²) in [6.45, 7) is 0. The molecule has 0 radical (unpaired) electrons. The highest BCUT2D eigenvalue weighted by Gasteiger charge is 2.12. The molecule has 1 aromatic carbocycles. The molecule has 4 nitrogen and oxygen atoms in total. The molecular weight excluding hydrogens is 261 g/mol. The third-order valence-corrected chi connectivity index (χ3v) is 2.56. The lowest BCUT2D eigenvalue weighted by atomic mass is 10.1. The standard InChI is InChI=1S/C11H5Cl2N3O/c12-9-8(7-4-2-1-3-5-7)10(13)16-11(15-9)14-6-17/h1-5H. The maximum Gasteiger partial charge on any atom is 0.263 e. The van der Waals surface area contributed by atoms with E-state index in [1.54, 1.807) is 0 Å². The second kappa shape index (κ2) is 5.06. The number of hydrogen-bond donors (Lipinski definition) is 0. The number of benzene rings is 1. The molecule has 0 saturated carbocycles. The van der Waals surface area contributed by atoms with Gasteiger partial charge in [-0.2, -0.15) is 9.97 Å². The van der Waals surface area contributed by atoms with Crippen molar-refractivity contribution in [2.24, 2.45) is 4.99 Å². The molecule has 0 unspecified atom stereocenters. The van der Waals surface area contributed by atoms with E-state index >= 15 is 0 Å². The van der Waals surface area contributed by atoms with Crippen LogP contribution in [0.1, 0.15) is 0 Å². The molecule has 0 amide bonds. The van der Waals surface area contributed by atoms with Gasteiger partial charge in [-0.1, -0.05) is 53.5 Å². The van der Waals surface area contributed by atoms with Crippen LogP contribution < -0.4 is 0 Å². The smallest absolute Gasteiger partial charge is 0.211 e. The fraction of sp³-hybridized carbons (Fsp3) is 0. The van der Waals surface area contributed by atoms with Gasteiger partial charge in [-0.25, -0.2) is 4.79 Å². The van der Waals surface area contributed by atoms with Crippen LogP contribution in [0.4, 0.5) is 5.95 Å². The highest BCUT2D eigenvalue weighted by atomic mass is 35.5. The molecular formula is C11H5Cl2N3O. The van der Waals surface area contributed by atoms with Gasteiger partial charge in [0.2, 0.25) is 6.08 Å². The topological polar surface area (TPSA) is 55.2 Å². The van der Waals surface area contributed by atoms with Crippen molar-refractivity contribution >= 4 is 35.2 Å². The monoisotopic (exact) mass is 265 g/mol. The minimum atomic E-state index is -0.102. The summed E-state index contributed by atoms with van der Waals surface area (Å²) in [5, 5.41) is 0.287. The van der Waals surface area contributed by atoms with E-state index in [1.165, 1.54) is 6.08 Å². The number of halogens is 2. The minimum absolute atomic E-state index is 0.102. The predicted molar refractivity (Wildman–Crippen MR) is 65.3 cm³/mol. The third kappa shape index (κ3) is 2.50. The molecule has 2 rings (SSSR count). The molecule has 0 N–H and O–H groups in total. The fourth-order valence-corrected chi connectivity index (χ4v) is 1.93. The lowest BCUT2D eigenvalue weighted by Gasteiger charge is -2.05. The van der Waals surface area contributed by atoms with Crippen molar-refractivity contribution in [1.82, 2.24) is 9.97 Å². The molecule has 2 aromatic rings. The summed E-state index contributed by atoms with van der Waals surface area (Å²) in [6, 6.07) is 9.23. The van der Waals surface area contributed by atoms with Crippen LogP contribution in [0.5, 0.6) is 0 Å². The van der Waals surface area contributed by atoms with E-state index in [4.69, 9.17) is 23.2 Å². The Morgan fingerprint density at radius 1 is 1.06 bits per heavy atom. The first kappa shape index (κ1) is 11.7. The summed E-state index contributed by atoms with van der Waals surface area (Å²) in [5.41, 5.74) is 1.31. The number of hydrogen-bond acceptors (Lipinski definition) is 4. The lowest BCUT2D eigenvalue weighted by molar-refractivity contribution is 0.565. The van der Waals surface area contributed by atoms with E-state index in [-0.39, 0.29) is 16.3 Å². The number of carbonyl (C=O) groups excluding carboxylic acids is 1. The van der Waals surface area contributed by atoms with E-state index in [0.717, 1.165) is 5.56 Å². The van der Waals surface area contributed by atoms with Crippen LogP contribution in [0.15, 0.2) is 35.3 Å². The van der Waals surface area contributed by atoms with Crippen molar-refractivity contribution < 1.29 is 4.79 Å². The largest absolute Gasteiger partial charge is 0.263 e. The first-order valence-electron chi connectivity index (χ1n) is 4.58. The minimum Gasteiger partial charge on any atom is -0.211 e. The van der Waals surface area contributed by atoms with Crippen molar-refractivity contribution in [2.75, 3.05) is 0 Å². The van der Waals surface area contributed by atoms with Gasteiger partial charge in [0.05, 0.1) is 5.56 Å². The van der Waals surface area contributed by atoms with Crippen molar-refractivity contribution in [3.63, 3.8) is 0 Å². The summed E-state index contributed by atoms with van der Waals surface area (Å²) in [7, 11) is 0. The molecule has 0 atom stereocenters. The van der Waals surface area contributed by atoms with Gasteiger partial charge in [0, 0.05) is 0 Å². The molecule has 0 aliphatic rings. The zero-order valence-electron chi connectivity index (χ0n) is 8.39. The van der Waals surface area contributed by atoms with Crippen molar-refractivity contribution in [3.05, 3.63) is 40.6 Å². The van der Waals surface area contributed by atoms with Crippen LogP contribution in [0.25, 0.3) is 11.1 Å². The molecule has 84 valence electrons. The Kier molecular flexibility index (Phi) is 3.49. The normalized spacial score (nSPS) is 9.76. The van der Waals surface area contributed by atoms with Crippen LogP contribution >= 0.6 is 23.2 Å². The summed E-state index contributed by atoms with van der Waals surface area (Å²) in [5.74, 6) is -0.102. The van der Waals surface area contributed by atoms with Crippen LogP contribution in [0.3, 0.4) is 0 Å². The number of aliphatic imine (C=N–C) groups is 1. The van der Waals surface area contributed by atoms with Crippen molar-refractivity contribution in [3.8, 4) is 11.1 Å². The molecule has 1 heterocycles. The van der Waals surface area contributed by atoms with Crippen LogP contribution in [-0.2, 0) is 4.79 Å². The summed E-state index contributed by atoms with van der Waals surface area (Å²) >= 11 is 12.0. The molecule has 0 fully saturated rings. The Hall–Kier alpha value is -1.74. The highest BCUT2D eigenvalue weighted by Crippen LogP contribution is 2.33. The van der Waals surface area contributed by atoms with E-state index in [2.05, 4.69) is 15.0 Å². The van der Waals surface area contributed by atoms with E-state index < -0.39 is 0 Å². The SMILES string of the molecule is O=C=Nc1nc(Cl)c(-c2ccccc2)c(Cl)n1. The lowest BCUT2D eigenvalue weighted by Crippen LogP contribution is -1.90. The van der Waals surface area contributed by atoms with Gasteiger partial charge in [-0.3, -0.25) is 0 Å². The molecule has 0 saturated heterocycles. The van der Waals surface area contributed by atoms with Gasteiger partial charge in [-0.15, -0.1) is 4.99 Å². The van der Waals surface area contributed by atoms with Crippen LogP contribution in [0, 0.1) is 0 Å². The van der Waals surface area contributed by atoms with Gasteiger partial charge in [0.15, 0.2) is 0 Å². The Morgan fingerprint density at radius 3 is 2.18 bits per heavy atom. The van der Waals surface area contributed by atoms with Gasteiger partial charge < -0.3 is 0 Å². The van der Waals surface area contributed by atoms with Crippen molar-refractivity contribution in [1.29, 1.82) is 0 Å². The fourth-order valence-electron chi connectivity index (χ4n) is 1.33. The maximum atomic E-state index is 10.1. The summed E-state index contributed by atoms with van der Waals surface area (Å²) in [4.78, 5) is 21.0. The molecule has 0 aliphatic heterocycles. The first-order chi connectivity index (χ1) is 8.22. The van der Waals surface area contributed by atoms with Gasteiger partial charge in [0.1, 0.15) is 10.3 Å². The van der Waals surface area contributed by atoms with Gasteiger partial charge in [-0.05, 0) is 5.56 Å². The second-order valence-corrected chi connectivity index (χ2v) is 3.77. The quantitative estimate of drug-likeness (QED) is 0.475. The third-order valence-electron chi connectivity index (χ3n) is 2.02. The maximum absolute atomic E-state index is 10.1. The van der Waals surface area contributed by atoms with Crippen LogP contribution in [-0.4, -0.2) is 16.0 Å². The highest BCUT2D eigenvalue weighted by molar-refractivity contribution is 6.37. The molecule has 6 heteroatoms. The van der Waals surface area contributed by atoms with E-state index in [0.29, 0.717) is 5.56 Å². The molecule has 0 aliphatic carbocycles. The summed E-state index contributed by atoms with van der Waals surface area (Å²) < 4.78 is 0. The number of isocyanates is 1. The molecule has 0 bridgehead atoms.